The largest absolute Gasteiger partial charge is 0.467 e. The van der Waals surface area contributed by atoms with Crippen LogP contribution in [0.1, 0.15) is 48.6 Å². The minimum absolute atomic E-state index is 0.173. The molecule has 3 aromatic rings. The first-order valence-corrected chi connectivity index (χ1v) is 9.62. The van der Waals surface area contributed by atoms with Crippen LogP contribution in [0.3, 0.4) is 0 Å². The Balaban J connectivity index is 2.13. The van der Waals surface area contributed by atoms with E-state index >= 15 is 0 Å². The molecular formula is C20H22N4O3S. The van der Waals surface area contributed by atoms with Gasteiger partial charge in [-0.15, -0.1) is 5.10 Å². The normalized spacial score (nSPS) is 12.4. The lowest BCUT2D eigenvalue weighted by molar-refractivity contribution is -0.124. The average molecular weight is 398 g/mol. The Morgan fingerprint density at radius 3 is 2.57 bits per heavy atom. The fourth-order valence-electron chi connectivity index (χ4n) is 2.80. The van der Waals surface area contributed by atoms with Crippen LogP contribution in [0.4, 0.5) is 5.69 Å². The second-order valence-corrected chi connectivity index (χ2v) is 8.07. The molecule has 8 heteroatoms. The van der Waals surface area contributed by atoms with Crippen molar-refractivity contribution in [2.45, 2.75) is 39.3 Å². The Morgan fingerprint density at radius 2 is 2.00 bits per heavy atom. The topological polar surface area (TPSA) is 88.3 Å². The number of aryl methyl sites for hydroxylation is 1. The molecule has 1 atom stereocenters. The van der Waals surface area contributed by atoms with Crippen LogP contribution < -0.4 is 10.2 Å². The molecule has 0 spiro atoms. The Hall–Kier alpha value is -3.00. The molecule has 0 radical (unpaired) electrons. The van der Waals surface area contributed by atoms with Crippen molar-refractivity contribution >= 4 is 29.0 Å². The monoisotopic (exact) mass is 398 g/mol. The summed E-state index contributed by atoms with van der Waals surface area (Å²) >= 11 is 1.08. The van der Waals surface area contributed by atoms with E-state index in [1.54, 1.807) is 23.6 Å². The number of carbonyl (C=O) groups excluding carboxylic acids is 2. The Kier molecular flexibility index (Phi) is 5.60. The van der Waals surface area contributed by atoms with Crippen LogP contribution >= 0.6 is 11.5 Å². The number of amides is 2. The van der Waals surface area contributed by atoms with Gasteiger partial charge < -0.3 is 9.73 Å². The van der Waals surface area contributed by atoms with Crippen LogP contribution in [0.2, 0.25) is 0 Å². The molecule has 3 rings (SSSR count). The van der Waals surface area contributed by atoms with Crippen LogP contribution in [0.25, 0.3) is 0 Å². The van der Waals surface area contributed by atoms with Gasteiger partial charge in [-0.2, -0.15) is 0 Å². The van der Waals surface area contributed by atoms with Crippen LogP contribution in [-0.2, 0) is 4.79 Å². The van der Waals surface area contributed by atoms with Gasteiger partial charge in [0.25, 0.3) is 11.8 Å². The van der Waals surface area contributed by atoms with E-state index in [0.717, 1.165) is 17.1 Å². The third-order valence-corrected chi connectivity index (χ3v) is 4.40. The van der Waals surface area contributed by atoms with Gasteiger partial charge in [0, 0.05) is 16.6 Å². The van der Waals surface area contributed by atoms with Gasteiger partial charge in [-0.3, -0.25) is 14.5 Å². The zero-order valence-corrected chi connectivity index (χ0v) is 17.0. The zero-order chi connectivity index (χ0) is 20.3. The quantitative estimate of drug-likeness (QED) is 0.707. The second-order valence-electron chi connectivity index (χ2n) is 7.46. The Labute approximate surface area is 167 Å². The van der Waals surface area contributed by atoms with Crippen LogP contribution in [0, 0.1) is 6.92 Å². The van der Waals surface area contributed by atoms with E-state index in [1.807, 2.05) is 45.9 Å². The lowest BCUT2D eigenvalue weighted by atomic mass is 10.0. The number of hydrogen-bond donors (Lipinski definition) is 1. The lowest BCUT2D eigenvalue weighted by Crippen LogP contribution is -2.49. The highest BCUT2D eigenvalue weighted by molar-refractivity contribution is 7.03. The summed E-state index contributed by atoms with van der Waals surface area (Å²) in [6, 6.07) is 9.77. The number of hydrogen-bond acceptors (Lipinski definition) is 6. The molecular weight excluding hydrogens is 376 g/mol. The van der Waals surface area contributed by atoms with E-state index in [2.05, 4.69) is 14.9 Å². The Morgan fingerprint density at radius 1 is 1.21 bits per heavy atom. The number of nitrogens with zero attached hydrogens (tertiary/aromatic N) is 3. The number of carbonyl (C=O) groups is 2. The summed E-state index contributed by atoms with van der Waals surface area (Å²) in [6.45, 7) is 7.57. The smallest absolute Gasteiger partial charge is 0.280 e. The van der Waals surface area contributed by atoms with Crippen LogP contribution in [0.5, 0.6) is 0 Å². The molecule has 146 valence electrons. The molecule has 1 N–H and O–H groups in total. The van der Waals surface area contributed by atoms with Crippen molar-refractivity contribution in [1.82, 2.24) is 14.9 Å². The molecule has 0 fully saturated rings. The molecule has 2 heterocycles. The fraction of sp³-hybridized carbons (Fsp3) is 0.300. The number of aromatic nitrogens is 2. The van der Waals surface area contributed by atoms with E-state index in [1.165, 1.54) is 11.2 Å². The van der Waals surface area contributed by atoms with Crippen molar-refractivity contribution < 1.29 is 14.0 Å². The summed E-state index contributed by atoms with van der Waals surface area (Å²) in [6.07, 6.45) is 1.48. The van der Waals surface area contributed by atoms with E-state index in [9.17, 15) is 9.59 Å². The summed E-state index contributed by atoms with van der Waals surface area (Å²) in [5, 5.41) is 8.41. The molecule has 0 saturated carbocycles. The lowest BCUT2D eigenvalue weighted by Gasteiger charge is -2.32. The van der Waals surface area contributed by atoms with E-state index in [-0.39, 0.29) is 11.6 Å². The van der Waals surface area contributed by atoms with Crippen molar-refractivity contribution in [3.8, 4) is 0 Å². The van der Waals surface area contributed by atoms with Crippen molar-refractivity contribution in [2.24, 2.45) is 0 Å². The molecule has 0 aliphatic rings. The van der Waals surface area contributed by atoms with Gasteiger partial charge in [-0.25, -0.2) is 0 Å². The highest BCUT2D eigenvalue weighted by Crippen LogP contribution is 2.31. The van der Waals surface area contributed by atoms with E-state index in [0.29, 0.717) is 11.4 Å². The fourth-order valence-corrected chi connectivity index (χ4v) is 3.23. The van der Waals surface area contributed by atoms with E-state index < -0.39 is 17.5 Å². The Bertz CT molecular complexity index is 946. The van der Waals surface area contributed by atoms with Crippen molar-refractivity contribution in [3.63, 3.8) is 0 Å². The molecule has 0 aliphatic heterocycles. The number of benzene rings is 1. The summed E-state index contributed by atoms with van der Waals surface area (Å²) in [4.78, 5) is 28.0. The molecule has 0 aliphatic carbocycles. The summed E-state index contributed by atoms with van der Waals surface area (Å²) in [5.74, 6) is -0.412. The maximum absolute atomic E-state index is 13.3. The molecule has 28 heavy (non-hydrogen) atoms. The van der Waals surface area contributed by atoms with Gasteiger partial charge in [0.05, 0.1) is 6.26 Å². The second kappa shape index (κ2) is 7.93. The van der Waals surface area contributed by atoms with Gasteiger partial charge in [-0.1, -0.05) is 16.6 Å². The number of nitrogens with one attached hydrogen (secondary N) is 1. The van der Waals surface area contributed by atoms with Crippen molar-refractivity contribution in [1.29, 1.82) is 0 Å². The number of furan rings is 1. The molecule has 1 aromatic carbocycles. The first-order valence-electron chi connectivity index (χ1n) is 8.79. The van der Waals surface area contributed by atoms with Gasteiger partial charge in [0.2, 0.25) is 0 Å². The predicted molar refractivity (Wildman–Crippen MR) is 107 cm³/mol. The van der Waals surface area contributed by atoms with Gasteiger partial charge in [0.15, 0.2) is 11.7 Å². The zero-order valence-electron chi connectivity index (χ0n) is 16.2. The molecule has 7 nitrogen and oxygen atoms in total. The first-order chi connectivity index (χ1) is 13.3. The third-order valence-electron chi connectivity index (χ3n) is 3.90. The molecule has 2 amide bonds. The predicted octanol–water partition coefficient (Wildman–Crippen LogP) is 3.74. The first kappa shape index (κ1) is 19.8. The van der Waals surface area contributed by atoms with Crippen LogP contribution in [0.15, 0.2) is 52.5 Å². The van der Waals surface area contributed by atoms with Gasteiger partial charge in [-0.05, 0) is 69.1 Å². The summed E-state index contributed by atoms with van der Waals surface area (Å²) < 4.78 is 9.33. The number of rotatable bonds is 5. The SMILES string of the molecule is Cc1cccc(N(C(=O)c2csnn2)[C@@H](C(=O)NC(C)(C)C)c2ccco2)c1. The maximum Gasteiger partial charge on any atom is 0.280 e. The molecule has 2 aromatic heterocycles. The minimum atomic E-state index is -0.995. The summed E-state index contributed by atoms with van der Waals surface area (Å²) in [7, 11) is 0. The molecule has 0 saturated heterocycles. The highest BCUT2D eigenvalue weighted by atomic mass is 32.1. The third kappa shape index (κ3) is 4.45. The minimum Gasteiger partial charge on any atom is -0.467 e. The number of anilines is 1. The molecule has 0 bridgehead atoms. The highest BCUT2D eigenvalue weighted by Gasteiger charge is 2.37. The van der Waals surface area contributed by atoms with Gasteiger partial charge >= 0.3 is 0 Å². The summed E-state index contributed by atoms with van der Waals surface area (Å²) in [5.41, 5.74) is 1.22. The van der Waals surface area contributed by atoms with Crippen molar-refractivity contribution in [3.05, 3.63) is 65.1 Å². The standard InChI is InChI=1S/C20H22N4O3S/c1-13-7-5-8-14(11-13)24(19(26)15-12-28-23-22-15)17(16-9-6-10-27-16)18(25)21-20(2,3)4/h5-12,17H,1-4H3,(H,21,25)/t17-/m1/s1. The average Bonchev–Trinajstić information content (AvgIpc) is 3.30. The van der Waals surface area contributed by atoms with Gasteiger partial charge in [0.1, 0.15) is 5.76 Å². The molecule has 0 unspecified atom stereocenters. The van der Waals surface area contributed by atoms with E-state index in [4.69, 9.17) is 4.42 Å². The van der Waals surface area contributed by atoms with Crippen LogP contribution in [-0.4, -0.2) is 26.9 Å². The maximum atomic E-state index is 13.3. The van der Waals surface area contributed by atoms with Crippen molar-refractivity contribution in [2.75, 3.05) is 4.90 Å².